The number of hydrogen-bond donors (Lipinski definition) is 0. The fraction of sp³-hybridized carbons (Fsp3) is 0.500. The largest absolute Gasteiger partial charge is 0.513 e. The first-order chi connectivity index (χ1) is 22.8. The van der Waals surface area contributed by atoms with E-state index in [2.05, 4.69) is 14.2 Å². The van der Waals surface area contributed by atoms with Gasteiger partial charge in [0.2, 0.25) is 0 Å². The second kappa shape index (κ2) is 13.7. The van der Waals surface area contributed by atoms with E-state index in [0.29, 0.717) is 11.1 Å². The molecule has 0 aromatic heterocycles. The van der Waals surface area contributed by atoms with Crippen molar-refractivity contribution in [3.8, 4) is 11.5 Å². The molecule has 0 aliphatic carbocycles. The van der Waals surface area contributed by atoms with Crippen LogP contribution in [0.15, 0.2) is 48.5 Å². The highest BCUT2D eigenvalue weighted by Gasteiger charge is 2.95. The molecule has 288 valence electrons. The second-order valence-electron chi connectivity index (χ2n) is 10.8. The van der Waals surface area contributed by atoms with E-state index in [0.717, 1.165) is 19.2 Å². The van der Waals surface area contributed by atoms with Crippen LogP contribution in [0.2, 0.25) is 0 Å². The number of benzene rings is 2. The van der Waals surface area contributed by atoms with Crippen molar-refractivity contribution in [2.24, 2.45) is 0 Å². The Morgan fingerprint density at radius 1 is 0.510 bits per heavy atom. The fourth-order valence-corrected chi connectivity index (χ4v) is 3.93. The van der Waals surface area contributed by atoms with Crippen LogP contribution in [0.1, 0.15) is 31.4 Å². The zero-order valence-corrected chi connectivity index (χ0v) is 25.4. The predicted molar refractivity (Wildman–Crippen MR) is 135 cm³/mol. The molecule has 0 N–H and O–H groups in total. The van der Waals surface area contributed by atoms with Crippen LogP contribution in [0.4, 0.5) is 84.2 Å². The number of hydrogen-bond acceptors (Lipinski definition) is 6. The maximum absolute atomic E-state index is 14.0. The van der Waals surface area contributed by atoms with Crippen LogP contribution in [0.3, 0.4) is 0 Å². The summed E-state index contributed by atoms with van der Waals surface area (Å²) in [6.07, 6.45) is -13.8. The Bertz CT molecular complexity index is 1540. The first kappa shape index (κ1) is 43.0. The summed E-state index contributed by atoms with van der Waals surface area (Å²) in [6, 6.07) is 10.9. The molecule has 0 unspecified atom stereocenters. The van der Waals surface area contributed by atoms with Crippen molar-refractivity contribution in [3.63, 3.8) is 0 Å². The molecule has 0 bridgehead atoms. The molecule has 0 aliphatic heterocycles. The SMILES string of the molecule is COC(=O)Oc1ccc(C(C)(C)c2ccc(OC(=O)OCCC(F)(F)C(F)(F)C(F)(F)C(F)(F)C(F)(F)C(F)(F)C(F)(F)C(F)(F)F)cc2)cc1. The number of carbonyl (C=O) groups excluding carboxylic acids is 2. The molecular weight excluding hydrogens is 755 g/mol. The van der Waals surface area contributed by atoms with Gasteiger partial charge in [-0.1, -0.05) is 38.1 Å². The normalized spacial score (nSPS) is 14.2. The van der Waals surface area contributed by atoms with Gasteiger partial charge in [0.05, 0.1) is 13.5 Å². The van der Waals surface area contributed by atoms with Crippen molar-refractivity contribution >= 4 is 12.3 Å². The third kappa shape index (κ3) is 7.56. The molecule has 2 aromatic carbocycles. The Morgan fingerprint density at radius 3 is 1.20 bits per heavy atom. The summed E-state index contributed by atoms with van der Waals surface area (Å²) in [7, 11) is 1.09. The lowest BCUT2D eigenvalue weighted by molar-refractivity contribution is -0.461. The van der Waals surface area contributed by atoms with Gasteiger partial charge in [-0.15, -0.1) is 0 Å². The quantitative estimate of drug-likeness (QED) is 0.115. The third-order valence-electron chi connectivity index (χ3n) is 7.14. The number of methoxy groups -OCH3 is 1. The molecule has 0 fully saturated rings. The maximum Gasteiger partial charge on any atom is 0.513 e. The molecule has 51 heavy (non-hydrogen) atoms. The van der Waals surface area contributed by atoms with Gasteiger partial charge in [0.1, 0.15) is 18.1 Å². The number of carbonyl (C=O) groups is 2. The summed E-state index contributed by atoms with van der Waals surface area (Å²) in [5, 5.41) is 0. The molecule has 0 radical (unpaired) electrons. The Labute approximate surface area is 274 Å². The van der Waals surface area contributed by atoms with Crippen molar-refractivity contribution in [1.29, 1.82) is 0 Å². The first-order valence-corrected chi connectivity index (χ1v) is 13.3. The van der Waals surface area contributed by atoms with Crippen molar-refractivity contribution in [2.45, 2.75) is 73.3 Å². The Hall–Kier alpha value is -4.21. The van der Waals surface area contributed by atoms with Crippen LogP contribution in [0, 0.1) is 0 Å². The van der Waals surface area contributed by atoms with Gasteiger partial charge in [0, 0.05) is 5.41 Å². The smallest absolute Gasteiger partial charge is 0.437 e. The average molecular weight is 776 g/mol. The molecule has 23 heteroatoms. The minimum Gasteiger partial charge on any atom is -0.437 e. The highest BCUT2D eigenvalue weighted by molar-refractivity contribution is 5.64. The van der Waals surface area contributed by atoms with Gasteiger partial charge in [-0.05, 0) is 35.4 Å². The van der Waals surface area contributed by atoms with Gasteiger partial charge < -0.3 is 18.9 Å². The van der Waals surface area contributed by atoms with Crippen LogP contribution in [0.5, 0.6) is 11.5 Å². The van der Waals surface area contributed by atoms with Crippen LogP contribution in [0.25, 0.3) is 0 Å². The number of rotatable bonds is 13. The van der Waals surface area contributed by atoms with E-state index in [1.165, 1.54) is 24.3 Å². The number of halogens is 17. The van der Waals surface area contributed by atoms with Crippen LogP contribution in [-0.2, 0) is 14.9 Å². The molecule has 0 saturated carbocycles. The number of alkyl halides is 17. The zero-order valence-electron chi connectivity index (χ0n) is 25.4. The fourth-order valence-electron chi connectivity index (χ4n) is 3.93. The molecule has 0 spiro atoms. The number of ether oxygens (including phenoxy) is 4. The molecule has 0 aliphatic rings. The molecule has 0 heterocycles. The molecular formula is C28H21F17O6. The van der Waals surface area contributed by atoms with E-state index in [1.807, 2.05) is 0 Å². The van der Waals surface area contributed by atoms with Crippen molar-refractivity contribution < 1.29 is 103 Å². The van der Waals surface area contributed by atoms with Gasteiger partial charge in [0.15, 0.2) is 0 Å². The lowest BCUT2D eigenvalue weighted by Crippen LogP contribution is -2.74. The lowest BCUT2D eigenvalue weighted by Gasteiger charge is -2.42. The lowest BCUT2D eigenvalue weighted by atomic mass is 9.78. The standard InChI is InChI=1S/C28H21F17O6/c1-20(2,14-4-8-16(9-5-14)50-18(46)48-3)15-6-10-17(11-7-15)51-19(47)49-13-12-21(29,30)22(31,32)23(33,34)24(35,36)25(37,38)26(39,40)27(41,42)28(43,44)45/h4-11H,12-13H2,1-3H3. The van der Waals surface area contributed by atoms with Crippen molar-refractivity contribution in [1.82, 2.24) is 0 Å². The molecule has 0 atom stereocenters. The van der Waals surface area contributed by atoms with Crippen molar-refractivity contribution in [2.75, 3.05) is 13.7 Å². The summed E-state index contributed by atoms with van der Waals surface area (Å²) in [5.41, 5.74) is 0.373. The van der Waals surface area contributed by atoms with E-state index in [9.17, 15) is 84.2 Å². The molecule has 0 amide bonds. The van der Waals surface area contributed by atoms with E-state index < -0.39 is 84.1 Å². The second-order valence-corrected chi connectivity index (χ2v) is 10.8. The van der Waals surface area contributed by atoms with E-state index in [1.54, 1.807) is 26.0 Å². The molecule has 0 saturated heterocycles. The van der Waals surface area contributed by atoms with E-state index in [-0.39, 0.29) is 5.75 Å². The minimum absolute atomic E-state index is 0.134. The van der Waals surface area contributed by atoms with Crippen LogP contribution in [-0.4, -0.2) is 73.7 Å². The van der Waals surface area contributed by atoms with Gasteiger partial charge in [-0.3, -0.25) is 0 Å². The Kier molecular flexibility index (Phi) is 11.6. The Balaban J connectivity index is 2.14. The molecule has 2 rings (SSSR count). The summed E-state index contributed by atoms with van der Waals surface area (Å²) in [6.45, 7) is 1.28. The summed E-state index contributed by atoms with van der Waals surface area (Å²) in [5.74, 6) is -57.6. The molecule has 2 aromatic rings. The first-order valence-electron chi connectivity index (χ1n) is 13.3. The van der Waals surface area contributed by atoms with E-state index >= 15 is 0 Å². The highest BCUT2D eigenvalue weighted by atomic mass is 19.4. The van der Waals surface area contributed by atoms with Crippen LogP contribution < -0.4 is 9.47 Å². The van der Waals surface area contributed by atoms with Crippen LogP contribution >= 0.6 is 0 Å². The average Bonchev–Trinajstić information content (AvgIpc) is 3.00. The van der Waals surface area contributed by atoms with E-state index in [4.69, 9.17) is 4.74 Å². The topological polar surface area (TPSA) is 71.1 Å². The summed E-state index contributed by atoms with van der Waals surface area (Å²) in [4.78, 5) is 23.0. The third-order valence-corrected chi connectivity index (χ3v) is 7.14. The summed E-state index contributed by atoms with van der Waals surface area (Å²) < 4.78 is 245. The maximum atomic E-state index is 14.0. The summed E-state index contributed by atoms with van der Waals surface area (Å²) >= 11 is 0. The van der Waals surface area contributed by atoms with Gasteiger partial charge in [-0.25, -0.2) is 9.59 Å². The molecule has 6 nitrogen and oxygen atoms in total. The van der Waals surface area contributed by atoms with Gasteiger partial charge in [-0.2, -0.15) is 74.6 Å². The van der Waals surface area contributed by atoms with Gasteiger partial charge >= 0.3 is 59.9 Å². The Morgan fingerprint density at radius 2 is 0.843 bits per heavy atom. The monoisotopic (exact) mass is 776 g/mol. The van der Waals surface area contributed by atoms with Gasteiger partial charge in [0.25, 0.3) is 0 Å². The van der Waals surface area contributed by atoms with Crippen molar-refractivity contribution in [3.05, 3.63) is 59.7 Å². The highest BCUT2D eigenvalue weighted by Crippen LogP contribution is 2.64. The zero-order chi connectivity index (χ0) is 39.9. The minimum atomic E-state index is -8.74. The predicted octanol–water partition coefficient (Wildman–Crippen LogP) is 10.1.